The van der Waals surface area contributed by atoms with Gasteiger partial charge in [0.05, 0.1) is 6.54 Å². The highest BCUT2D eigenvalue weighted by Gasteiger charge is 2.20. The predicted octanol–water partition coefficient (Wildman–Crippen LogP) is 1.07. The van der Waals surface area contributed by atoms with Crippen LogP contribution in [0, 0.1) is 5.92 Å². The highest BCUT2D eigenvalue weighted by molar-refractivity contribution is 6.28. The Bertz CT molecular complexity index is 503. The minimum atomic E-state index is -0.421. The first-order valence-corrected chi connectivity index (χ1v) is 7.53. The molecule has 0 saturated carbocycles. The molecule has 1 aromatic rings. The second-order valence-electron chi connectivity index (χ2n) is 5.64. The zero-order chi connectivity index (χ0) is 15.4. The number of amides is 1. The number of carbonyl (C=O) groups excluding carboxylic acids is 1. The van der Waals surface area contributed by atoms with Crippen LogP contribution in [0.15, 0.2) is 0 Å². The Balaban J connectivity index is 2.27. The van der Waals surface area contributed by atoms with Crippen LogP contribution in [0.4, 0.5) is 11.9 Å². The van der Waals surface area contributed by atoms with Gasteiger partial charge in [0.25, 0.3) is 0 Å². The third kappa shape index (κ3) is 4.42. The van der Waals surface area contributed by atoms with Crippen molar-refractivity contribution in [1.82, 2.24) is 15.0 Å². The molecule has 0 radical (unpaired) electrons. The van der Waals surface area contributed by atoms with Crippen molar-refractivity contribution in [3.63, 3.8) is 0 Å². The predicted molar refractivity (Wildman–Crippen MR) is 82.5 cm³/mol. The van der Waals surface area contributed by atoms with Crippen molar-refractivity contribution in [3.05, 3.63) is 5.28 Å². The molecule has 8 heteroatoms. The van der Waals surface area contributed by atoms with Crippen molar-refractivity contribution in [2.75, 3.05) is 36.0 Å². The standard InChI is InChI=1S/C13H21ClN6O/c1-9(2)7-20(8-10(15)21)13-17-11(14)16-12(18-13)19-5-3-4-6-19/h9H,3-8H2,1-2H3,(H2,15,21). The largest absolute Gasteiger partial charge is 0.368 e. The summed E-state index contributed by atoms with van der Waals surface area (Å²) in [5.41, 5.74) is 5.31. The Kier molecular flexibility index (Phi) is 5.17. The molecule has 0 aliphatic carbocycles. The molecule has 2 N–H and O–H groups in total. The van der Waals surface area contributed by atoms with Crippen LogP contribution in [0.2, 0.25) is 5.28 Å². The Morgan fingerprint density at radius 1 is 1.33 bits per heavy atom. The van der Waals surface area contributed by atoms with Gasteiger partial charge < -0.3 is 15.5 Å². The van der Waals surface area contributed by atoms with E-state index >= 15 is 0 Å². The minimum Gasteiger partial charge on any atom is -0.368 e. The van der Waals surface area contributed by atoms with Gasteiger partial charge in [-0.2, -0.15) is 15.0 Å². The van der Waals surface area contributed by atoms with Crippen molar-refractivity contribution < 1.29 is 4.79 Å². The summed E-state index contributed by atoms with van der Waals surface area (Å²) in [7, 11) is 0. The van der Waals surface area contributed by atoms with Gasteiger partial charge in [-0.3, -0.25) is 4.79 Å². The molecule has 1 aromatic heterocycles. The van der Waals surface area contributed by atoms with E-state index in [2.05, 4.69) is 33.7 Å². The molecule has 1 aliphatic heterocycles. The fourth-order valence-corrected chi connectivity index (χ4v) is 2.53. The van der Waals surface area contributed by atoms with Gasteiger partial charge in [-0.1, -0.05) is 13.8 Å². The van der Waals surface area contributed by atoms with E-state index in [0.717, 1.165) is 25.9 Å². The van der Waals surface area contributed by atoms with Gasteiger partial charge in [0.2, 0.25) is 23.1 Å². The molecule has 1 amide bonds. The summed E-state index contributed by atoms with van der Waals surface area (Å²) < 4.78 is 0. The van der Waals surface area contributed by atoms with Gasteiger partial charge in [0.1, 0.15) is 0 Å². The van der Waals surface area contributed by atoms with Crippen LogP contribution in [-0.4, -0.2) is 47.0 Å². The van der Waals surface area contributed by atoms with Crippen LogP contribution in [-0.2, 0) is 4.79 Å². The smallest absolute Gasteiger partial charge is 0.237 e. The molecule has 21 heavy (non-hydrogen) atoms. The number of hydrogen-bond acceptors (Lipinski definition) is 6. The Hall–Kier alpha value is -1.63. The average molecular weight is 313 g/mol. The quantitative estimate of drug-likeness (QED) is 0.845. The zero-order valence-electron chi connectivity index (χ0n) is 12.4. The lowest BCUT2D eigenvalue weighted by Crippen LogP contribution is -2.37. The topological polar surface area (TPSA) is 88.2 Å². The molecule has 0 unspecified atom stereocenters. The van der Waals surface area contributed by atoms with E-state index in [1.807, 2.05) is 0 Å². The molecule has 2 rings (SSSR count). The van der Waals surface area contributed by atoms with E-state index in [4.69, 9.17) is 17.3 Å². The van der Waals surface area contributed by atoms with Gasteiger partial charge in [-0.15, -0.1) is 0 Å². The molecule has 0 aromatic carbocycles. The van der Waals surface area contributed by atoms with Crippen LogP contribution < -0.4 is 15.5 Å². The van der Waals surface area contributed by atoms with E-state index in [-0.39, 0.29) is 11.8 Å². The first-order chi connectivity index (χ1) is 9.95. The highest BCUT2D eigenvalue weighted by atomic mass is 35.5. The Morgan fingerprint density at radius 2 is 2.00 bits per heavy atom. The fraction of sp³-hybridized carbons (Fsp3) is 0.692. The summed E-state index contributed by atoms with van der Waals surface area (Å²) in [6.07, 6.45) is 2.24. The first kappa shape index (κ1) is 15.8. The monoisotopic (exact) mass is 312 g/mol. The van der Waals surface area contributed by atoms with Crippen molar-refractivity contribution in [2.24, 2.45) is 11.7 Å². The first-order valence-electron chi connectivity index (χ1n) is 7.15. The number of nitrogens with zero attached hydrogens (tertiary/aromatic N) is 5. The second-order valence-corrected chi connectivity index (χ2v) is 5.98. The molecule has 0 bridgehead atoms. The zero-order valence-corrected chi connectivity index (χ0v) is 13.2. The number of rotatable bonds is 6. The van der Waals surface area contributed by atoms with Crippen molar-refractivity contribution in [3.8, 4) is 0 Å². The molecule has 2 heterocycles. The third-order valence-electron chi connectivity index (χ3n) is 3.19. The van der Waals surface area contributed by atoms with E-state index in [0.29, 0.717) is 24.4 Å². The van der Waals surface area contributed by atoms with Crippen LogP contribution in [0.3, 0.4) is 0 Å². The summed E-state index contributed by atoms with van der Waals surface area (Å²) in [6, 6.07) is 0. The lowest BCUT2D eigenvalue weighted by molar-refractivity contribution is -0.116. The lowest BCUT2D eigenvalue weighted by Gasteiger charge is -2.24. The maximum Gasteiger partial charge on any atom is 0.237 e. The fourth-order valence-electron chi connectivity index (χ4n) is 2.38. The molecule has 0 spiro atoms. The van der Waals surface area contributed by atoms with Crippen LogP contribution in [0.25, 0.3) is 0 Å². The Morgan fingerprint density at radius 3 is 2.57 bits per heavy atom. The molecule has 1 saturated heterocycles. The van der Waals surface area contributed by atoms with Gasteiger partial charge in [-0.25, -0.2) is 0 Å². The van der Waals surface area contributed by atoms with E-state index in [1.165, 1.54) is 0 Å². The van der Waals surface area contributed by atoms with Crippen molar-refractivity contribution in [1.29, 1.82) is 0 Å². The Labute approximate surface area is 129 Å². The molecule has 1 fully saturated rings. The molecule has 0 atom stereocenters. The van der Waals surface area contributed by atoms with Gasteiger partial charge >= 0.3 is 0 Å². The van der Waals surface area contributed by atoms with Crippen LogP contribution in [0.5, 0.6) is 0 Å². The number of primary amides is 1. The highest BCUT2D eigenvalue weighted by Crippen LogP contribution is 2.20. The number of hydrogen-bond donors (Lipinski definition) is 1. The SMILES string of the molecule is CC(C)CN(CC(N)=O)c1nc(Cl)nc(N2CCCC2)n1. The normalized spacial score (nSPS) is 14.8. The summed E-state index contributed by atoms with van der Waals surface area (Å²) in [6.45, 7) is 6.64. The number of aromatic nitrogens is 3. The minimum absolute atomic E-state index is 0.0674. The number of halogens is 1. The summed E-state index contributed by atoms with van der Waals surface area (Å²) in [4.78, 5) is 27.9. The number of anilines is 2. The summed E-state index contributed by atoms with van der Waals surface area (Å²) in [5, 5.41) is 0.139. The molecular weight excluding hydrogens is 292 g/mol. The lowest BCUT2D eigenvalue weighted by atomic mass is 10.2. The summed E-state index contributed by atoms with van der Waals surface area (Å²) >= 11 is 6.01. The molecule has 116 valence electrons. The van der Waals surface area contributed by atoms with E-state index in [1.54, 1.807) is 4.90 Å². The third-order valence-corrected chi connectivity index (χ3v) is 3.36. The van der Waals surface area contributed by atoms with Gasteiger partial charge in [-0.05, 0) is 30.4 Å². The number of nitrogens with two attached hydrogens (primary N) is 1. The average Bonchev–Trinajstić information content (AvgIpc) is 2.90. The van der Waals surface area contributed by atoms with Crippen LogP contribution in [0.1, 0.15) is 26.7 Å². The molecule has 1 aliphatic rings. The van der Waals surface area contributed by atoms with Crippen LogP contribution >= 0.6 is 11.6 Å². The second kappa shape index (κ2) is 6.89. The summed E-state index contributed by atoms with van der Waals surface area (Å²) in [5.74, 6) is 0.898. The maximum atomic E-state index is 11.3. The molecular formula is C13H21ClN6O. The van der Waals surface area contributed by atoms with Gasteiger partial charge in [0.15, 0.2) is 0 Å². The maximum absolute atomic E-state index is 11.3. The van der Waals surface area contributed by atoms with Crippen molar-refractivity contribution in [2.45, 2.75) is 26.7 Å². The van der Waals surface area contributed by atoms with E-state index < -0.39 is 5.91 Å². The molecule has 7 nitrogen and oxygen atoms in total. The number of carbonyl (C=O) groups is 1. The van der Waals surface area contributed by atoms with Crippen molar-refractivity contribution >= 4 is 29.4 Å². The van der Waals surface area contributed by atoms with Gasteiger partial charge in [0, 0.05) is 19.6 Å². The van der Waals surface area contributed by atoms with E-state index in [9.17, 15) is 4.79 Å².